The Kier molecular flexibility index (Phi) is 5.03. The van der Waals surface area contributed by atoms with Gasteiger partial charge >= 0.3 is 0 Å². The molecule has 1 aromatic carbocycles. The van der Waals surface area contributed by atoms with Crippen LogP contribution in [-0.2, 0) is 9.59 Å². The van der Waals surface area contributed by atoms with Crippen molar-refractivity contribution in [1.29, 1.82) is 0 Å². The number of hydrogen-bond acceptors (Lipinski definition) is 3. The van der Waals surface area contributed by atoms with Gasteiger partial charge in [0.15, 0.2) is 0 Å². The van der Waals surface area contributed by atoms with E-state index in [9.17, 15) is 9.59 Å². The van der Waals surface area contributed by atoms with Gasteiger partial charge in [-0.2, -0.15) is 12.6 Å². The van der Waals surface area contributed by atoms with E-state index in [0.29, 0.717) is 5.69 Å². The summed E-state index contributed by atoms with van der Waals surface area (Å²) in [6.07, 6.45) is 0. The van der Waals surface area contributed by atoms with E-state index in [0.717, 1.165) is 5.56 Å². The molecule has 0 fully saturated rings. The molecule has 1 unspecified atom stereocenters. The maximum absolute atomic E-state index is 11.8. The molecule has 4 nitrogen and oxygen atoms in total. The molecule has 0 heterocycles. The zero-order valence-electron chi connectivity index (χ0n) is 9.86. The fourth-order valence-corrected chi connectivity index (χ4v) is 1.65. The fourth-order valence-electron chi connectivity index (χ4n) is 1.39. The third-order valence-electron chi connectivity index (χ3n) is 2.16. The Balaban J connectivity index is 2.67. The highest BCUT2D eigenvalue weighted by Gasteiger charge is 2.17. The molecular weight excluding hydrogens is 236 g/mol. The molecule has 0 radical (unpaired) electrons. The molecule has 0 aliphatic rings. The number of thiol groups is 1. The lowest BCUT2D eigenvalue weighted by atomic mass is 10.2. The summed E-state index contributed by atoms with van der Waals surface area (Å²) in [5, 5.41) is 5.27. The molecule has 2 N–H and O–H groups in total. The second kappa shape index (κ2) is 6.30. The molecule has 17 heavy (non-hydrogen) atoms. The van der Waals surface area contributed by atoms with E-state index in [-0.39, 0.29) is 17.6 Å². The lowest BCUT2D eigenvalue weighted by Crippen LogP contribution is -2.44. The van der Waals surface area contributed by atoms with Crippen LogP contribution in [0, 0.1) is 6.92 Å². The summed E-state index contributed by atoms with van der Waals surface area (Å²) in [5.41, 5.74) is 1.77. The van der Waals surface area contributed by atoms with Crippen LogP contribution < -0.4 is 10.6 Å². The van der Waals surface area contributed by atoms with E-state index in [1.807, 2.05) is 25.1 Å². The topological polar surface area (TPSA) is 58.2 Å². The Hall–Kier alpha value is -1.49. The van der Waals surface area contributed by atoms with E-state index in [4.69, 9.17) is 0 Å². The van der Waals surface area contributed by atoms with Crippen molar-refractivity contribution in [2.75, 3.05) is 11.1 Å². The van der Waals surface area contributed by atoms with Gasteiger partial charge in [0.1, 0.15) is 6.04 Å². The molecule has 92 valence electrons. The van der Waals surface area contributed by atoms with E-state index in [2.05, 4.69) is 23.3 Å². The smallest absolute Gasteiger partial charge is 0.247 e. The van der Waals surface area contributed by atoms with Crippen LogP contribution in [-0.4, -0.2) is 23.6 Å². The van der Waals surface area contributed by atoms with Crippen LogP contribution in [0.1, 0.15) is 12.5 Å². The number of carbonyl (C=O) groups is 2. The molecular formula is C12H16N2O2S. The van der Waals surface area contributed by atoms with Gasteiger partial charge < -0.3 is 10.6 Å². The normalized spacial score (nSPS) is 11.7. The largest absolute Gasteiger partial charge is 0.344 e. The van der Waals surface area contributed by atoms with Crippen molar-refractivity contribution in [3.63, 3.8) is 0 Å². The van der Waals surface area contributed by atoms with Crippen LogP contribution in [0.3, 0.4) is 0 Å². The first-order valence-electron chi connectivity index (χ1n) is 5.28. The zero-order chi connectivity index (χ0) is 12.8. The number of amides is 2. The molecule has 1 aromatic rings. The van der Waals surface area contributed by atoms with Crippen molar-refractivity contribution in [3.8, 4) is 0 Å². The molecule has 0 spiro atoms. The molecule has 2 amide bonds. The van der Waals surface area contributed by atoms with Gasteiger partial charge in [0.05, 0.1) is 0 Å². The third-order valence-corrected chi connectivity index (χ3v) is 2.53. The SMILES string of the molecule is CC(=O)NC(CS)C(=O)Nc1cccc(C)c1. The van der Waals surface area contributed by atoms with Crippen LogP contribution in [0.5, 0.6) is 0 Å². The summed E-state index contributed by atoms with van der Waals surface area (Å²) in [6, 6.07) is 6.85. The van der Waals surface area contributed by atoms with Gasteiger partial charge in [-0.15, -0.1) is 0 Å². The number of carbonyl (C=O) groups excluding carboxylic acids is 2. The van der Waals surface area contributed by atoms with Crippen molar-refractivity contribution < 1.29 is 9.59 Å². The first kappa shape index (κ1) is 13.6. The minimum Gasteiger partial charge on any atom is -0.344 e. The first-order chi connectivity index (χ1) is 8.02. The monoisotopic (exact) mass is 252 g/mol. The number of aryl methyl sites for hydroxylation is 1. The van der Waals surface area contributed by atoms with Crippen LogP contribution in [0.2, 0.25) is 0 Å². The van der Waals surface area contributed by atoms with E-state index in [1.165, 1.54) is 6.92 Å². The Bertz CT molecular complexity index is 421. The van der Waals surface area contributed by atoms with E-state index < -0.39 is 6.04 Å². The molecule has 0 saturated heterocycles. The van der Waals surface area contributed by atoms with Gasteiger partial charge in [-0.05, 0) is 24.6 Å². The molecule has 0 bridgehead atoms. The zero-order valence-corrected chi connectivity index (χ0v) is 10.8. The van der Waals surface area contributed by atoms with Gasteiger partial charge in [-0.1, -0.05) is 12.1 Å². The Morgan fingerprint density at radius 1 is 1.41 bits per heavy atom. The van der Waals surface area contributed by atoms with Crippen molar-refractivity contribution in [3.05, 3.63) is 29.8 Å². The number of nitrogens with one attached hydrogen (secondary N) is 2. The van der Waals surface area contributed by atoms with Crippen LogP contribution in [0.15, 0.2) is 24.3 Å². The Labute approximate surface area is 106 Å². The molecule has 0 aliphatic carbocycles. The summed E-state index contributed by atoms with van der Waals surface area (Å²) in [4.78, 5) is 22.7. The quantitative estimate of drug-likeness (QED) is 0.709. The Morgan fingerprint density at radius 2 is 2.12 bits per heavy atom. The van der Waals surface area contributed by atoms with Crippen molar-refractivity contribution in [2.45, 2.75) is 19.9 Å². The average molecular weight is 252 g/mol. The lowest BCUT2D eigenvalue weighted by Gasteiger charge is -2.15. The molecule has 1 atom stereocenters. The number of rotatable bonds is 4. The molecule has 1 rings (SSSR count). The fraction of sp³-hybridized carbons (Fsp3) is 0.333. The highest BCUT2D eigenvalue weighted by atomic mass is 32.1. The van der Waals surface area contributed by atoms with Gasteiger partial charge in [0, 0.05) is 18.4 Å². The summed E-state index contributed by atoms with van der Waals surface area (Å²) in [7, 11) is 0. The minimum absolute atomic E-state index is 0.247. The maximum Gasteiger partial charge on any atom is 0.247 e. The summed E-state index contributed by atoms with van der Waals surface area (Å²) in [6.45, 7) is 3.32. The maximum atomic E-state index is 11.8. The van der Waals surface area contributed by atoms with Gasteiger partial charge in [-0.3, -0.25) is 9.59 Å². The lowest BCUT2D eigenvalue weighted by molar-refractivity contribution is -0.124. The third kappa shape index (κ3) is 4.48. The number of benzene rings is 1. The highest BCUT2D eigenvalue weighted by molar-refractivity contribution is 7.80. The number of hydrogen-bond donors (Lipinski definition) is 3. The second-order valence-electron chi connectivity index (χ2n) is 3.79. The standard InChI is InChI=1S/C12H16N2O2S/c1-8-4-3-5-10(6-8)14-12(16)11(7-17)13-9(2)15/h3-6,11,17H,7H2,1-2H3,(H,13,15)(H,14,16). The first-order valence-corrected chi connectivity index (χ1v) is 5.91. The molecule has 0 aromatic heterocycles. The van der Waals surface area contributed by atoms with Gasteiger partial charge in [0.25, 0.3) is 0 Å². The highest BCUT2D eigenvalue weighted by Crippen LogP contribution is 2.10. The summed E-state index contributed by atoms with van der Waals surface area (Å²) >= 11 is 4.04. The van der Waals surface area contributed by atoms with Gasteiger partial charge in [0.2, 0.25) is 11.8 Å². The predicted molar refractivity (Wildman–Crippen MR) is 71.3 cm³/mol. The second-order valence-corrected chi connectivity index (χ2v) is 4.16. The van der Waals surface area contributed by atoms with Gasteiger partial charge in [-0.25, -0.2) is 0 Å². The van der Waals surface area contributed by atoms with Crippen LogP contribution in [0.25, 0.3) is 0 Å². The average Bonchev–Trinajstić information content (AvgIpc) is 2.25. The van der Waals surface area contributed by atoms with Crippen molar-refractivity contribution in [1.82, 2.24) is 5.32 Å². The number of anilines is 1. The van der Waals surface area contributed by atoms with Crippen molar-refractivity contribution in [2.24, 2.45) is 0 Å². The molecule has 0 aliphatic heterocycles. The van der Waals surface area contributed by atoms with E-state index in [1.54, 1.807) is 6.07 Å². The Morgan fingerprint density at radius 3 is 2.65 bits per heavy atom. The van der Waals surface area contributed by atoms with Crippen LogP contribution in [0.4, 0.5) is 5.69 Å². The molecule has 5 heteroatoms. The minimum atomic E-state index is -0.614. The summed E-state index contributed by atoms with van der Waals surface area (Å²) < 4.78 is 0. The predicted octanol–water partition coefficient (Wildman–Crippen LogP) is 1.37. The van der Waals surface area contributed by atoms with Crippen molar-refractivity contribution >= 4 is 30.1 Å². The van der Waals surface area contributed by atoms with Crippen LogP contribution >= 0.6 is 12.6 Å². The summed E-state index contributed by atoms with van der Waals surface area (Å²) in [5.74, 6) is -0.249. The van der Waals surface area contributed by atoms with E-state index >= 15 is 0 Å². The molecule has 0 saturated carbocycles.